The third-order valence-corrected chi connectivity index (χ3v) is 2.86. The second-order valence-electron chi connectivity index (χ2n) is 4.15. The number of hydrogen-bond acceptors (Lipinski definition) is 3. The molecule has 0 N–H and O–H groups in total. The van der Waals surface area contributed by atoms with Gasteiger partial charge in [0.25, 0.3) is 0 Å². The fraction of sp³-hybridized carbons (Fsp3) is 0.214. The summed E-state index contributed by atoms with van der Waals surface area (Å²) in [6.07, 6.45) is 3.41. The third-order valence-electron chi connectivity index (χ3n) is 2.86. The number of carbonyl (C=O) groups excluding carboxylic acids is 1. The minimum absolute atomic E-state index is 0.0503. The maximum absolute atomic E-state index is 11.7. The van der Waals surface area contributed by atoms with Gasteiger partial charge in [0, 0.05) is 34.6 Å². The fourth-order valence-corrected chi connectivity index (χ4v) is 2.02. The Labute approximate surface area is 115 Å². The number of rotatable bonds is 4. The number of nitrogens with zero attached hydrogens (tertiary/aromatic N) is 4. The number of benzene rings is 1. The highest BCUT2D eigenvalue weighted by Crippen LogP contribution is 2.23. The topological polar surface area (TPSA) is 80.0 Å². The van der Waals surface area contributed by atoms with Crippen LogP contribution in [0.3, 0.4) is 0 Å². The van der Waals surface area contributed by atoms with Crippen LogP contribution in [0.1, 0.15) is 12.5 Å². The lowest BCUT2D eigenvalue weighted by Gasteiger charge is -2.00. The Kier molecular flexibility index (Phi) is 4.08. The molecule has 2 rings (SSSR count). The Morgan fingerprint density at radius 1 is 1.50 bits per heavy atom. The summed E-state index contributed by atoms with van der Waals surface area (Å²) in [5.41, 5.74) is 10.3. The van der Waals surface area contributed by atoms with Gasteiger partial charge in [-0.25, -0.2) is 4.79 Å². The number of fused-ring (bicyclic) bond motifs is 1. The molecule has 0 spiro atoms. The largest absolute Gasteiger partial charge is 0.462 e. The van der Waals surface area contributed by atoms with Crippen LogP contribution in [0.15, 0.2) is 41.3 Å². The van der Waals surface area contributed by atoms with E-state index in [0.717, 1.165) is 16.5 Å². The van der Waals surface area contributed by atoms with E-state index in [0.29, 0.717) is 0 Å². The summed E-state index contributed by atoms with van der Waals surface area (Å²) in [4.78, 5) is 14.4. The van der Waals surface area contributed by atoms with Gasteiger partial charge in [0.15, 0.2) is 0 Å². The molecule has 0 radical (unpaired) electrons. The van der Waals surface area contributed by atoms with Gasteiger partial charge in [0.2, 0.25) is 0 Å². The lowest BCUT2D eigenvalue weighted by molar-refractivity contribution is -0.138. The smallest absolute Gasteiger partial charge is 0.340 e. The number of aryl methyl sites for hydroxylation is 1. The number of aromatic nitrogens is 1. The van der Waals surface area contributed by atoms with E-state index in [1.807, 2.05) is 42.1 Å². The van der Waals surface area contributed by atoms with Crippen molar-refractivity contribution >= 4 is 22.9 Å². The van der Waals surface area contributed by atoms with Crippen LogP contribution in [-0.2, 0) is 16.6 Å². The standard InChI is InChI=1S/C14H14N4O2/c1-3-20-14(19)12(16-17-15)8-10-9-18(2)13-7-5-4-6-11(10)13/h4-9H,3H2,1-2H3/b12-8-. The van der Waals surface area contributed by atoms with Crippen molar-refractivity contribution < 1.29 is 9.53 Å². The van der Waals surface area contributed by atoms with E-state index >= 15 is 0 Å². The van der Waals surface area contributed by atoms with Crippen LogP contribution in [-0.4, -0.2) is 17.1 Å². The predicted molar refractivity (Wildman–Crippen MR) is 76.7 cm³/mol. The van der Waals surface area contributed by atoms with Gasteiger partial charge in [0.05, 0.1) is 6.61 Å². The molecule has 0 bridgehead atoms. The van der Waals surface area contributed by atoms with Crippen molar-refractivity contribution in [1.82, 2.24) is 4.57 Å². The second-order valence-corrected chi connectivity index (χ2v) is 4.15. The van der Waals surface area contributed by atoms with Crippen molar-refractivity contribution in [2.45, 2.75) is 6.92 Å². The Bertz CT molecular complexity index is 724. The summed E-state index contributed by atoms with van der Waals surface area (Å²) in [5, 5.41) is 4.39. The minimum atomic E-state index is -0.627. The SMILES string of the molecule is CCOC(=O)/C(=C/c1cn(C)c2ccccc12)N=[N+]=[N-]. The molecule has 1 aromatic heterocycles. The summed E-state index contributed by atoms with van der Waals surface area (Å²) in [6.45, 7) is 1.93. The number of ether oxygens (including phenoxy) is 1. The molecular formula is C14H14N4O2. The summed E-state index contributed by atoms with van der Waals surface area (Å²) in [7, 11) is 1.91. The molecule has 2 aromatic rings. The molecule has 0 amide bonds. The van der Waals surface area contributed by atoms with Crippen LogP contribution >= 0.6 is 0 Å². The van der Waals surface area contributed by atoms with Gasteiger partial charge < -0.3 is 9.30 Å². The van der Waals surface area contributed by atoms with E-state index < -0.39 is 5.97 Å². The van der Waals surface area contributed by atoms with Gasteiger partial charge in [-0.1, -0.05) is 23.3 Å². The molecule has 1 aromatic carbocycles. The molecule has 6 heteroatoms. The molecule has 0 fully saturated rings. The lowest BCUT2D eigenvalue weighted by Crippen LogP contribution is -2.05. The Hall–Kier alpha value is -2.72. The Balaban J connectivity index is 2.54. The molecular weight excluding hydrogens is 256 g/mol. The van der Waals surface area contributed by atoms with Crippen LogP contribution in [0.25, 0.3) is 27.4 Å². The third kappa shape index (κ3) is 2.65. The summed E-state index contributed by atoms with van der Waals surface area (Å²) in [5.74, 6) is -0.627. The van der Waals surface area contributed by atoms with E-state index in [9.17, 15) is 4.79 Å². The second kappa shape index (κ2) is 5.95. The molecule has 102 valence electrons. The molecule has 0 aliphatic carbocycles. The van der Waals surface area contributed by atoms with Crippen molar-refractivity contribution in [3.8, 4) is 0 Å². The summed E-state index contributed by atoms with van der Waals surface area (Å²) < 4.78 is 6.81. The van der Waals surface area contributed by atoms with Crippen LogP contribution in [0.2, 0.25) is 0 Å². The first-order chi connectivity index (χ1) is 9.67. The van der Waals surface area contributed by atoms with Crippen LogP contribution in [0.5, 0.6) is 0 Å². The van der Waals surface area contributed by atoms with Crippen molar-refractivity contribution in [2.24, 2.45) is 12.2 Å². The Morgan fingerprint density at radius 2 is 2.25 bits per heavy atom. The molecule has 0 unspecified atom stereocenters. The van der Waals surface area contributed by atoms with Crippen molar-refractivity contribution in [3.05, 3.63) is 52.2 Å². The monoisotopic (exact) mass is 270 g/mol. The van der Waals surface area contributed by atoms with Gasteiger partial charge in [0.1, 0.15) is 5.70 Å². The highest BCUT2D eigenvalue weighted by Gasteiger charge is 2.11. The van der Waals surface area contributed by atoms with Crippen LogP contribution in [0.4, 0.5) is 0 Å². The maximum Gasteiger partial charge on any atom is 0.340 e. The summed E-state index contributed by atoms with van der Waals surface area (Å²) in [6, 6.07) is 7.77. The number of hydrogen-bond donors (Lipinski definition) is 0. The van der Waals surface area contributed by atoms with E-state index in [1.54, 1.807) is 13.0 Å². The Morgan fingerprint density at radius 3 is 2.95 bits per heavy atom. The maximum atomic E-state index is 11.7. The van der Waals surface area contributed by atoms with Crippen LogP contribution < -0.4 is 0 Å². The first kappa shape index (κ1) is 13.7. The zero-order valence-electron chi connectivity index (χ0n) is 11.3. The molecule has 0 saturated heterocycles. The van der Waals surface area contributed by atoms with E-state index in [1.165, 1.54) is 0 Å². The molecule has 0 aliphatic heterocycles. The highest BCUT2D eigenvalue weighted by atomic mass is 16.5. The fourth-order valence-electron chi connectivity index (χ4n) is 2.02. The van der Waals surface area contributed by atoms with E-state index in [2.05, 4.69) is 10.0 Å². The van der Waals surface area contributed by atoms with E-state index in [-0.39, 0.29) is 12.3 Å². The molecule has 1 heterocycles. The normalized spacial score (nSPS) is 11.2. The number of azide groups is 1. The zero-order valence-corrected chi connectivity index (χ0v) is 11.3. The quantitative estimate of drug-likeness (QED) is 0.280. The van der Waals surface area contributed by atoms with Gasteiger partial charge in [-0.15, -0.1) is 0 Å². The van der Waals surface area contributed by atoms with Crippen molar-refractivity contribution in [2.75, 3.05) is 6.61 Å². The molecule has 20 heavy (non-hydrogen) atoms. The van der Waals surface area contributed by atoms with Gasteiger partial charge in [-0.05, 0) is 24.6 Å². The lowest BCUT2D eigenvalue weighted by atomic mass is 10.1. The van der Waals surface area contributed by atoms with Crippen molar-refractivity contribution in [1.29, 1.82) is 0 Å². The predicted octanol–water partition coefficient (Wildman–Crippen LogP) is 3.39. The molecule has 6 nitrogen and oxygen atoms in total. The van der Waals surface area contributed by atoms with Crippen LogP contribution in [0, 0.1) is 0 Å². The number of carbonyl (C=O) groups is 1. The van der Waals surface area contributed by atoms with Gasteiger partial charge >= 0.3 is 5.97 Å². The van der Waals surface area contributed by atoms with Crippen molar-refractivity contribution in [3.63, 3.8) is 0 Å². The average Bonchev–Trinajstić information content (AvgIpc) is 2.76. The van der Waals surface area contributed by atoms with E-state index in [4.69, 9.17) is 10.3 Å². The highest BCUT2D eigenvalue weighted by molar-refractivity contribution is 5.97. The number of para-hydroxylation sites is 1. The first-order valence-electron chi connectivity index (χ1n) is 6.15. The molecule has 0 saturated carbocycles. The average molecular weight is 270 g/mol. The number of esters is 1. The molecule has 0 aliphatic rings. The van der Waals surface area contributed by atoms with Gasteiger partial charge in [-0.2, -0.15) is 0 Å². The summed E-state index contributed by atoms with van der Waals surface area (Å²) >= 11 is 0. The minimum Gasteiger partial charge on any atom is -0.462 e. The zero-order chi connectivity index (χ0) is 14.5. The van der Waals surface area contributed by atoms with Gasteiger partial charge in [-0.3, -0.25) is 0 Å². The molecule has 0 atom stereocenters. The first-order valence-corrected chi connectivity index (χ1v) is 6.15.